The molecule has 0 amide bonds. The lowest BCUT2D eigenvalue weighted by Gasteiger charge is -2.10. The molecule has 0 spiro atoms. The summed E-state index contributed by atoms with van der Waals surface area (Å²) >= 11 is 1.76. The van der Waals surface area contributed by atoms with Crippen molar-refractivity contribution in [2.45, 2.75) is 17.9 Å². The Morgan fingerprint density at radius 2 is 1.76 bits per heavy atom. The minimum atomic E-state index is 0.315. The van der Waals surface area contributed by atoms with E-state index in [1.165, 1.54) is 4.90 Å². The summed E-state index contributed by atoms with van der Waals surface area (Å²) in [5.74, 6) is 2.68. The van der Waals surface area contributed by atoms with Gasteiger partial charge in [0.05, 0.1) is 13.2 Å². The summed E-state index contributed by atoms with van der Waals surface area (Å²) in [5.41, 5.74) is 0.865. The lowest BCUT2D eigenvalue weighted by atomic mass is 10.2. The van der Waals surface area contributed by atoms with Gasteiger partial charge in [-0.25, -0.2) is 0 Å². The summed E-state index contributed by atoms with van der Waals surface area (Å²) in [6.07, 6.45) is 0.992. The molecular formula is C22H27N3O3S. The number of nitrogens with zero attached hydrogens (tertiary/aromatic N) is 3. The van der Waals surface area contributed by atoms with Gasteiger partial charge in [-0.15, -0.1) is 22.0 Å². The van der Waals surface area contributed by atoms with Gasteiger partial charge >= 0.3 is 0 Å². The molecule has 0 N–H and O–H groups in total. The summed E-state index contributed by atoms with van der Waals surface area (Å²) in [6, 6.07) is 18.0. The molecule has 0 saturated carbocycles. The molecular weight excluding hydrogens is 386 g/mol. The van der Waals surface area contributed by atoms with Gasteiger partial charge < -0.3 is 18.8 Å². The van der Waals surface area contributed by atoms with Crippen molar-refractivity contribution >= 4 is 11.8 Å². The molecule has 0 aliphatic heterocycles. The highest BCUT2D eigenvalue weighted by molar-refractivity contribution is 7.99. The molecule has 0 radical (unpaired) electrons. The molecule has 1 heterocycles. The molecule has 6 nitrogen and oxygen atoms in total. The van der Waals surface area contributed by atoms with Crippen LogP contribution < -0.4 is 4.74 Å². The molecule has 7 heteroatoms. The van der Waals surface area contributed by atoms with Crippen LogP contribution in [0.2, 0.25) is 0 Å². The normalized spacial score (nSPS) is 11.1. The zero-order valence-electron chi connectivity index (χ0n) is 16.9. The maximum Gasteiger partial charge on any atom is 0.247 e. The monoisotopic (exact) mass is 413 g/mol. The maximum absolute atomic E-state index is 5.75. The van der Waals surface area contributed by atoms with Crippen LogP contribution in [0.15, 0.2) is 63.9 Å². The molecule has 154 valence electrons. The van der Waals surface area contributed by atoms with E-state index < -0.39 is 0 Å². The second-order valence-corrected chi connectivity index (χ2v) is 7.91. The second-order valence-electron chi connectivity index (χ2n) is 6.74. The molecule has 0 aliphatic rings. The molecule has 2 aromatic carbocycles. The van der Waals surface area contributed by atoms with Crippen molar-refractivity contribution in [3.8, 4) is 17.2 Å². The summed E-state index contributed by atoms with van der Waals surface area (Å²) in [4.78, 5) is 3.38. The van der Waals surface area contributed by atoms with E-state index in [4.69, 9.17) is 13.9 Å². The first-order valence-corrected chi connectivity index (χ1v) is 10.7. The van der Waals surface area contributed by atoms with Crippen LogP contribution in [-0.2, 0) is 11.3 Å². The smallest absolute Gasteiger partial charge is 0.247 e. The summed E-state index contributed by atoms with van der Waals surface area (Å²) < 4.78 is 17.1. The molecule has 1 aromatic heterocycles. The van der Waals surface area contributed by atoms with Crippen LogP contribution in [0.3, 0.4) is 0 Å². The highest BCUT2D eigenvalue weighted by atomic mass is 32.2. The first kappa shape index (κ1) is 21.4. The lowest BCUT2D eigenvalue weighted by molar-refractivity contribution is 0.117. The summed E-state index contributed by atoms with van der Waals surface area (Å²) in [6.45, 7) is 2.64. The average Bonchev–Trinajstić information content (AvgIpc) is 3.21. The SMILES string of the molecule is CN(C)CCCOc1ccc(-c2nnc(COCCSc3ccccc3)o2)cc1. The van der Waals surface area contributed by atoms with Gasteiger partial charge in [0.1, 0.15) is 12.4 Å². The molecule has 0 aliphatic carbocycles. The Bertz CT molecular complexity index is 838. The van der Waals surface area contributed by atoms with Crippen LogP contribution in [0.1, 0.15) is 12.3 Å². The van der Waals surface area contributed by atoms with Crippen LogP contribution in [0.25, 0.3) is 11.5 Å². The van der Waals surface area contributed by atoms with E-state index in [1.807, 2.05) is 42.5 Å². The highest BCUT2D eigenvalue weighted by Crippen LogP contribution is 2.22. The third kappa shape index (κ3) is 7.53. The average molecular weight is 414 g/mol. The van der Waals surface area contributed by atoms with E-state index in [-0.39, 0.29) is 0 Å². The number of aromatic nitrogens is 2. The van der Waals surface area contributed by atoms with Crippen LogP contribution in [-0.4, -0.2) is 54.7 Å². The van der Waals surface area contributed by atoms with E-state index in [1.54, 1.807) is 11.8 Å². The van der Waals surface area contributed by atoms with E-state index in [2.05, 4.69) is 41.3 Å². The molecule has 0 fully saturated rings. The predicted octanol–water partition coefficient (Wildman–Crippen LogP) is 4.38. The number of thioether (sulfide) groups is 1. The number of hydrogen-bond acceptors (Lipinski definition) is 7. The Labute approximate surface area is 176 Å². The molecule has 0 bridgehead atoms. The number of hydrogen-bond donors (Lipinski definition) is 0. The summed E-state index contributed by atoms with van der Waals surface area (Å²) in [7, 11) is 4.12. The molecule has 0 saturated heterocycles. The largest absolute Gasteiger partial charge is 0.494 e. The molecule has 0 unspecified atom stereocenters. The molecule has 0 atom stereocenters. The fourth-order valence-corrected chi connectivity index (χ4v) is 3.37. The first-order chi connectivity index (χ1) is 14.2. The molecule has 3 aromatic rings. The van der Waals surface area contributed by atoms with E-state index in [9.17, 15) is 0 Å². The minimum absolute atomic E-state index is 0.315. The van der Waals surface area contributed by atoms with Gasteiger partial charge in [-0.3, -0.25) is 0 Å². The Morgan fingerprint density at radius 3 is 2.52 bits per heavy atom. The van der Waals surface area contributed by atoms with Crippen molar-refractivity contribution < 1.29 is 13.9 Å². The molecule has 3 rings (SSSR count). The van der Waals surface area contributed by atoms with Crippen LogP contribution in [0.5, 0.6) is 5.75 Å². The Kier molecular flexibility index (Phi) is 8.55. The van der Waals surface area contributed by atoms with Crippen molar-refractivity contribution in [3.63, 3.8) is 0 Å². The van der Waals surface area contributed by atoms with Gasteiger partial charge in [0.15, 0.2) is 0 Å². The van der Waals surface area contributed by atoms with Gasteiger partial charge in [-0.05, 0) is 56.9 Å². The van der Waals surface area contributed by atoms with Gasteiger partial charge in [-0.2, -0.15) is 0 Å². The van der Waals surface area contributed by atoms with Crippen molar-refractivity contribution in [2.24, 2.45) is 0 Å². The second kappa shape index (κ2) is 11.6. The van der Waals surface area contributed by atoms with Gasteiger partial charge in [0, 0.05) is 22.8 Å². The fraction of sp³-hybridized carbons (Fsp3) is 0.364. The quantitative estimate of drug-likeness (QED) is 0.323. The van der Waals surface area contributed by atoms with Crippen LogP contribution >= 0.6 is 11.8 Å². The Hall–Kier alpha value is -2.35. The zero-order chi connectivity index (χ0) is 20.3. The number of rotatable bonds is 12. The zero-order valence-corrected chi connectivity index (χ0v) is 17.7. The fourth-order valence-electron chi connectivity index (χ4n) is 2.59. The summed E-state index contributed by atoms with van der Waals surface area (Å²) in [5, 5.41) is 8.17. The Morgan fingerprint density at radius 1 is 0.966 bits per heavy atom. The van der Waals surface area contributed by atoms with Crippen LogP contribution in [0.4, 0.5) is 0 Å². The van der Waals surface area contributed by atoms with Gasteiger partial charge in [0.25, 0.3) is 0 Å². The maximum atomic E-state index is 5.75. The highest BCUT2D eigenvalue weighted by Gasteiger charge is 2.09. The van der Waals surface area contributed by atoms with Crippen molar-refractivity contribution in [1.29, 1.82) is 0 Å². The Balaban J connectivity index is 1.38. The van der Waals surface area contributed by atoms with E-state index in [0.29, 0.717) is 31.6 Å². The van der Waals surface area contributed by atoms with Gasteiger partial charge in [-0.1, -0.05) is 18.2 Å². The first-order valence-electron chi connectivity index (χ1n) is 9.66. The minimum Gasteiger partial charge on any atom is -0.494 e. The standard InChI is InChI=1S/C22H27N3O3S/c1-25(2)13-6-14-27-19-11-9-18(10-12-19)22-24-23-21(28-22)17-26-15-16-29-20-7-4-3-5-8-20/h3-5,7-12H,6,13-17H2,1-2H3. The van der Waals surface area contributed by atoms with Crippen molar-refractivity contribution in [2.75, 3.05) is 39.6 Å². The predicted molar refractivity (Wildman–Crippen MR) is 115 cm³/mol. The van der Waals surface area contributed by atoms with Crippen molar-refractivity contribution in [1.82, 2.24) is 15.1 Å². The molecule has 29 heavy (non-hydrogen) atoms. The van der Waals surface area contributed by atoms with Crippen molar-refractivity contribution in [3.05, 3.63) is 60.5 Å². The van der Waals surface area contributed by atoms with E-state index in [0.717, 1.165) is 30.0 Å². The third-order valence-electron chi connectivity index (χ3n) is 4.05. The number of ether oxygens (including phenoxy) is 2. The van der Waals surface area contributed by atoms with Crippen LogP contribution in [0, 0.1) is 0 Å². The van der Waals surface area contributed by atoms with E-state index >= 15 is 0 Å². The topological polar surface area (TPSA) is 60.6 Å². The lowest BCUT2D eigenvalue weighted by Crippen LogP contribution is -2.15. The number of benzene rings is 2. The third-order valence-corrected chi connectivity index (χ3v) is 5.03. The van der Waals surface area contributed by atoms with Gasteiger partial charge in [0.2, 0.25) is 11.8 Å².